The number of fused-ring (bicyclic) bond motifs is 1. The molecule has 3 rings (SSSR count). The minimum Gasteiger partial charge on any atom is -0.480 e. The molecule has 1 aliphatic heterocycles. The van der Waals surface area contributed by atoms with Gasteiger partial charge in [-0.2, -0.15) is 5.26 Å². The summed E-state index contributed by atoms with van der Waals surface area (Å²) in [5.41, 5.74) is 1.35. The zero-order valence-electron chi connectivity index (χ0n) is 12.0. The van der Waals surface area contributed by atoms with E-state index in [0.29, 0.717) is 22.7 Å². The summed E-state index contributed by atoms with van der Waals surface area (Å²) in [4.78, 5) is 15.3. The van der Waals surface area contributed by atoms with Gasteiger partial charge < -0.3 is 10.1 Å². The summed E-state index contributed by atoms with van der Waals surface area (Å²) in [6.45, 7) is -0.0887. The first kappa shape index (κ1) is 15.0. The smallest absolute Gasteiger partial charge is 0.263 e. The molecule has 1 amide bonds. The molecule has 0 spiro atoms. The van der Waals surface area contributed by atoms with Crippen molar-refractivity contribution in [3.63, 3.8) is 0 Å². The molecule has 0 unspecified atom stereocenters. The molecule has 116 valence electrons. The van der Waals surface area contributed by atoms with E-state index in [0.717, 1.165) is 6.26 Å². The molecule has 7 nitrogen and oxygen atoms in total. The van der Waals surface area contributed by atoms with Crippen LogP contribution in [-0.2, 0) is 14.6 Å². The van der Waals surface area contributed by atoms with Gasteiger partial charge in [0, 0.05) is 18.0 Å². The van der Waals surface area contributed by atoms with Crippen LogP contribution in [0.4, 0.5) is 5.82 Å². The molecule has 8 heteroatoms. The zero-order valence-corrected chi connectivity index (χ0v) is 12.8. The number of carbonyl (C=O) groups excluding carboxylic acids is 1. The molecular formula is C15H11N3O4S. The molecule has 1 aromatic carbocycles. The minimum atomic E-state index is -3.48. The van der Waals surface area contributed by atoms with Crippen molar-refractivity contribution < 1.29 is 17.9 Å². The summed E-state index contributed by atoms with van der Waals surface area (Å²) in [5, 5.41) is 11.8. The highest BCUT2D eigenvalue weighted by molar-refractivity contribution is 7.90. The number of aromatic nitrogens is 1. The lowest BCUT2D eigenvalue weighted by Gasteiger charge is -2.17. The highest BCUT2D eigenvalue weighted by Gasteiger charge is 2.19. The zero-order chi connectivity index (χ0) is 16.6. The average Bonchev–Trinajstić information content (AvgIpc) is 2.52. The Kier molecular flexibility index (Phi) is 3.50. The molecule has 0 radical (unpaired) electrons. The Balaban J connectivity index is 2.07. The number of hydrogen-bond donors (Lipinski definition) is 1. The van der Waals surface area contributed by atoms with Gasteiger partial charge in [-0.3, -0.25) is 4.79 Å². The second-order valence-corrected chi connectivity index (χ2v) is 6.99. The number of carbonyl (C=O) groups is 1. The van der Waals surface area contributed by atoms with E-state index in [1.54, 1.807) is 12.1 Å². The first-order valence-corrected chi connectivity index (χ1v) is 8.45. The summed E-state index contributed by atoms with van der Waals surface area (Å²) in [7, 11) is -3.48. The van der Waals surface area contributed by atoms with Crippen molar-refractivity contribution in [2.24, 2.45) is 0 Å². The Morgan fingerprint density at radius 2 is 2.09 bits per heavy atom. The van der Waals surface area contributed by atoms with Crippen LogP contribution in [0.3, 0.4) is 0 Å². The van der Waals surface area contributed by atoms with E-state index in [2.05, 4.69) is 10.3 Å². The molecule has 1 N–H and O–H groups in total. The molecule has 1 aliphatic rings. The molecule has 0 saturated carbocycles. The molecule has 2 aromatic rings. The van der Waals surface area contributed by atoms with Crippen molar-refractivity contribution in [1.29, 1.82) is 5.26 Å². The maximum absolute atomic E-state index is 11.7. The Morgan fingerprint density at radius 3 is 2.78 bits per heavy atom. The van der Waals surface area contributed by atoms with Gasteiger partial charge in [-0.1, -0.05) is 6.07 Å². The first-order chi connectivity index (χ1) is 10.9. The molecule has 0 bridgehead atoms. The maximum atomic E-state index is 11.7. The lowest BCUT2D eigenvalue weighted by molar-refractivity contribution is -0.118. The van der Waals surface area contributed by atoms with Crippen molar-refractivity contribution in [3.05, 3.63) is 36.0 Å². The number of sulfone groups is 1. The van der Waals surface area contributed by atoms with E-state index in [4.69, 9.17) is 4.74 Å². The van der Waals surface area contributed by atoms with Gasteiger partial charge in [-0.05, 0) is 23.8 Å². The fraction of sp³-hybridized carbons (Fsp3) is 0.133. The number of rotatable bonds is 2. The Labute approximate surface area is 132 Å². The van der Waals surface area contributed by atoms with Crippen molar-refractivity contribution in [1.82, 2.24) is 4.98 Å². The predicted octanol–water partition coefficient (Wildman–Crippen LogP) is 1.35. The third kappa shape index (κ3) is 2.86. The maximum Gasteiger partial charge on any atom is 0.263 e. The highest BCUT2D eigenvalue weighted by Crippen LogP contribution is 2.31. The van der Waals surface area contributed by atoms with Gasteiger partial charge in [-0.25, -0.2) is 13.4 Å². The first-order valence-electron chi connectivity index (χ1n) is 6.56. The quantitative estimate of drug-likeness (QED) is 0.891. The van der Waals surface area contributed by atoms with Crippen molar-refractivity contribution in [2.45, 2.75) is 4.90 Å². The van der Waals surface area contributed by atoms with Crippen LogP contribution >= 0.6 is 0 Å². The summed E-state index contributed by atoms with van der Waals surface area (Å²) < 4.78 is 28.6. The Hall–Kier alpha value is -2.92. The molecule has 0 atom stereocenters. The molecule has 0 aliphatic carbocycles. The number of amides is 1. The highest BCUT2D eigenvalue weighted by atomic mass is 32.2. The molecule has 23 heavy (non-hydrogen) atoms. The van der Waals surface area contributed by atoms with Gasteiger partial charge in [-0.15, -0.1) is 0 Å². The van der Waals surface area contributed by atoms with Gasteiger partial charge >= 0.3 is 0 Å². The van der Waals surface area contributed by atoms with Crippen LogP contribution in [0.5, 0.6) is 5.75 Å². The topological polar surface area (TPSA) is 109 Å². The van der Waals surface area contributed by atoms with Gasteiger partial charge in [0.25, 0.3) is 5.91 Å². The predicted molar refractivity (Wildman–Crippen MR) is 81.6 cm³/mol. The van der Waals surface area contributed by atoms with E-state index in [1.165, 1.54) is 18.3 Å². The molecule has 2 heterocycles. The number of hydrogen-bond acceptors (Lipinski definition) is 6. The van der Waals surface area contributed by atoms with Crippen molar-refractivity contribution in [2.75, 3.05) is 18.2 Å². The SMILES string of the molecule is CS(=O)(=O)c1ccc(-c2cnc3c(c2)OCC(=O)N3)cc1C#N. The van der Waals surface area contributed by atoms with E-state index < -0.39 is 9.84 Å². The lowest BCUT2D eigenvalue weighted by atomic mass is 10.0. The van der Waals surface area contributed by atoms with Crippen LogP contribution in [-0.4, -0.2) is 32.2 Å². The van der Waals surface area contributed by atoms with Crippen LogP contribution in [0, 0.1) is 11.3 Å². The summed E-state index contributed by atoms with van der Waals surface area (Å²) in [6, 6.07) is 8.05. The third-order valence-corrected chi connectivity index (χ3v) is 4.46. The summed E-state index contributed by atoms with van der Waals surface area (Å²) in [5.74, 6) is 0.480. The normalized spacial score (nSPS) is 13.5. The number of nitrogens with zero attached hydrogens (tertiary/aromatic N) is 2. The fourth-order valence-corrected chi connectivity index (χ4v) is 3.06. The second-order valence-electron chi connectivity index (χ2n) is 5.00. The number of pyridine rings is 1. The molecular weight excluding hydrogens is 318 g/mol. The number of nitriles is 1. The Bertz CT molecular complexity index is 961. The van der Waals surface area contributed by atoms with Gasteiger partial charge in [0.05, 0.1) is 10.5 Å². The van der Waals surface area contributed by atoms with E-state index >= 15 is 0 Å². The van der Waals surface area contributed by atoms with E-state index in [9.17, 15) is 18.5 Å². The van der Waals surface area contributed by atoms with Crippen LogP contribution < -0.4 is 10.1 Å². The number of benzene rings is 1. The van der Waals surface area contributed by atoms with Crippen molar-refractivity contribution >= 4 is 21.6 Å². The van der Waals surface area contributed by atoms with Gasteiger partial charge in [0.1, 0.15) is 6.07 Å². The minimum absolute atomic E-state index is 0.0156. The standard InChI is InChI=1S/C15H11N3O4S/c1-23(20,21)13-3-2-9(4-10(13)6-16)11-5-12-15(17-7-11)18-14(19)8-22-12/h2-5,7H,8H2,1H3,(H,17,18,19). The monoisotopic (exact) mass is 329 g/mol. The molecule has 0 fully saturated rings. The Morgan fingerprint density at radius 1 is 1.30 bits per heavy atom. The summed E-state index contributed by atoms with van der Waals surface area (Å²) in [6.07, 6.45) is 2.57. The number of anilines is 1. The van der Waals surface area contributed by atoms with Crippen molar-refractivity contribution in [3.8, 4) is 22.9 Å². The lowest BCUT2D eigenvalue weighted by Crippen LogP contribution is -2.26. The van der Waals surface area contributed by atoms with Crippen LogP contribution in [0.2, 0.25) is 0 Å². The average molecular weight is 329 g/mol. The van der Waals surface area contributed by atoms with E-state index in [-0.39, 0.29) is 23.0 Å². The number of ether oxygens (including phenoxy) is 1. The second kappa shape index (κ2) is 5.37. The van der Waals surface area contributed by atoms with Crippen LogP contribution in [0.25, 0.3) is 11.1 Å². The summed E-state index contributed by atoms with van der Waals surface area (Å²) >= 11 is 0. The van der Waals surface area contributed by atoms with Crippen LogP contribution in [0.15, 0.2) is 35.4 Å². The van der Waals surface area contributed by atoms with Gasteiger partial charge in [0.15, 0.2) is 28.0 Å². The van der Waals surface area contributed by atoms with Gasteiger partial charge in [0.2, 0.25) is 0 Å². The largest absolute Gasteiger partial charge is 0.480 e. The third-order valence-electron chi connectivity index (χ3n) is 3.30. The van der Waals surface area contributed by atoms with E-state index in [1.807, 2.05) is 6.07 Å². The van der Waals surface area contributed by atoms with Crippen LogP contribution in [0.1, 0.15) is 5.56 Å². The number of nitrogens with one attached hydrogen (secondary N) is 1. The molecule has 0 saturated heterocycles. The molecule has 1 aromatic heterocycles. The fourth-order valence-electron chi connectivity index (χ4n) is 2.24.